The topological polar surface area (TPSA) is 58.1 Å². The summed E-state index contributed by atoms with van der Waals surface area (Å²) < 4.78 is 0.858. The van der Waals surface area contributed by atoms with Crippen LogP contribution in [0, 0.1) is 5.41 Å². The highest BCUT2D eigenvalue weighted by Gasteiger charge is 2.35. The van der Waals surface area contributed by atoms with E-state index in [1.807, 2.05) is 11.4 Å². The van der Waals surface area contributed by atoms with E-state index in [0.29, 0.717) is 18.3 Å². The lowest BCUT2D eigenvalue weighted by Crippen LogP contribution is -2.53. The highest BCUT2D eigenvalue weighted by molar-refractivity contribution is 7.17. The number of likely N-dealkylation sites (tertiary alicyclic amines) is 1. The molecule has 1 saturated heterocycles. The Balaban J connectivity index is 1.73. The fraction of sp³-hybridized carbons (Fsp3) is 0.562. The van der Waals surface area contributed by atoms with Gasteiger partial charge in [-0.3, -0.25) is 4.79 Å². The highest BCUT2D eigenvalue weighted by atomic mass is 32.1. The van der Waals surface area contributed by atoms with Crippen molar-refractivity contribution in [3.05, 3.63) is 23.5 Å². The monoisotopic (exact) mass is 318 g/mol. The minimum Gasteiger partial charge on any atom is -0.349 e. The second-order valence-electron chi connectivity index (χ2n) is 6.66. The van der Waals surface area contributed by atoms with E-state index in [-0.39, 0.29) is 11.3 Å². The van der Waals surface area contributed by atoms with Crippen LogP contribution in [0.5, 0.6) is 0 Å². The van der Waals surface area contributed by atoms with Gasteiger partial charge in [0.1, 0.15) is 12.0 Å². The molecule has 1 fully saturated rings. The minimum atomic E-state index is -0.107. The lowest BCUT2D eigenvalue weighted by Gasteiger charge is -2.45. The molecule has 2 aromatic rings. The van der Waals surface area contributed by atoms with E-state index >= 15 is 0 Å². The maximum atomic E-state index is 12.5. The molecular weight excluding hydrogens is 296 g/mol. The van der Waals surface area contributed by atoms with E-state index in [2.05, 4.69) is 41.1 Å². The molecule has 0 aromatic carbocycles. The van der Waals surface area contributed by atoms with E-state index in [9.17, 15) is 4.79 Å². The van der Waals surface area contributed by atoms with Crippen molar-refractivity contribution in [2.45, 2.75) is 32.7 Å². The number of hydrogen-bond donors (Lipinski definition) is 1. The van der Waals surface area contributed by atoms with Gasteiger partial charge in [-0.15, -0.1) is 11.3 Å². The molecule has 1 amide bonds. The van der Waals surface area contributed by atoms with Crippen LogP contribution in [0.25, 0.3) is 10.2 Å². The van der Waals surface area contributed by atoms with Gasteiger partial charge < -0.3 is 10.2 Å². The normalized spacial score (nSPS) is 21.9. The van der Waals surface area contributed by atoms with Crippen LogP contribution < -0.4 is 5.32 Å². The first-order valence-electron chi connectivity index (χ1n) is 7.66. The number of piperidine rings is 1. The van der Waals surface area contributed by atoms with Crippen molar-refractivity contribution >= 4 is 27.5 Å². The zero-order valence-corrected chi connectivity index (χ0v) is 14.1. The van der Waals surface area contributed by atoms with Gasteiger partial charge in [-0.05, 0) is 43.3 Å². The molecule has 3 rings (SSSR count). The van der Waals surface area contributed by atoms with E-state index in [1.165, 1.54) is 30.5 Å². The van der Waals surface area contributed by atoms with Crippen LogP contribution in [-0.4, -0.2) is 47.0 Å². The average molecular weight is 318 g/mol. The zero-order chi connectivity index (χ0) is 15.7. The summed E-state index contributed by atoms with van der Waals surface area (Å²) in [5.74, 6) is -0.107. The molecule has 0 bridgehead atoms. The maximum Gasteiger partial charge on any atom is 0.271 e. The number of rotatable bonds is 3. The van der Waals surface area contributed by atoms with E-state index in [1.54, 1.807) is 0 Å². The molecule has 2 aromatic heterocycles. The minimum absolute atomic E-state index is 0.107. The number of carbonyl (C=O) groups excluding carboxylic acids is 1. The molecule has 22 heavy (non-hydrogen) atoms. The van der Waals surface area contributed by atoms with Gasteiger partial charge in [0.2, 0.25) is 0 Å². The van der Waals surface area contributed by atoms with Crippen LogP contribution in [-0.2, 0) is 0 Å². The highest BCUT2D eigenvalue weighted by Crippen LogP contribution is 2.33. The lowest BCUT2D eigenvalue weighted by molar-refractivity contribution is 0.0555. The summed E-state index contributed by atoms with van der Waals surface area (Å²) >= 11 is 1.51. The molecule has 0 spiro atoms. The molecule has 1 aliphatic rings. The third kappa shape index (κ3) is 2.85. The van der Waals surface area contributed by atoms with Gasteiger partial charge >= 0.3 is 0 Å². The second-order valence-corrected chi connectivity index (χ2v) is 7.57. The predicted molar refractivity (Wildman–Crippen MR) is 89.2 cm³/mol. The number of thiophene rings is 1. The van der Waals surface area contributed by atoms with Crippen LogP contribution in [0.4, 0.5) is 0 Å². The first kappa shape index (κ1) is 15.4. The first-order valence-corrected chi connectivity index (χ1v) is 8.53. The Morgan fingerprint density at radius 3 is 3.09 bits per heavy atom. The van der Waals surface area contributed by atoms with Crippen LogP contribution in [0.2, 0.25) is 0 Å². The Morgan fingerprint density at radius 1 is 1.50 bits per heavy atom. The summed E-state index contributed by atoms with van der Waals surface area (Å²) in [5.41, 5.74) is 1.53. The van der Waals surface area contributed by atoms with Gasteiger partial charge in [-0.2, -0.15) is 0 Å². The third-order valence-electron chi connectivity index (χ3n) is 4.68. The van der Waals surface area contributed by atoms with Crippen LogP contribution in [0.1, 0.15) is 37.2 Å². The van der Waals surface area contributed by atoms with Gasteiger partial charge in [-0.1, -0.05) is 13.8 Å². The fourth-order valence-corrected chi connectivity index (χ4v) is 4.19. The Kier molecular flexibility index (Phi) is 4.14. The summed E-state index contributed by atoms with van der Waals surface area (Å²) in [6.45, 7) is 6.30. The first-order chi connectivity index (χ1) is 10.5. The number of nitrogens with zero attached hydrogens (tertiary/aromatic N) is 3. The van der Waals surface area contributed by atoms with Crippen molar-refractivity contribution < 1.29 is 4.79 Å². The van der Waals surface area contributed by atoms with Crippen molar-refractivity contribution in [2.75, 3.05) is 20.1 Å². The smallest absolute Gasteiger partial charge is 0.271 e. The predicted octanol–water partition coefficient (Wildman–Crippen LogP) is 2.54. The number of nitrogens with one attached hydrogen (secondary N) is 1. The molecule has 1 N–H and O–H groups in total. The summed E-state index contributed by atoms with van der Waals surface area (Å²) in [5, 5.41) is 5.01. The van der Waals surface area contributed by atoms with Crippen molar-refractivity contribution in [3.63, 3.8) is 0 Å². The Morgan fingerprint density at radius 2 is 2.32 bits per heavy atom. The summed E-state index contributed by atoms with van der Waals surface area (Å²) in [7, 11) is 2.14. The van der Waals surface area contributed by atoms with Gasteiger partial charge in [0.15, 0.2) is 0 Å². The number of likely N-dealkylation sites (N-methyl/N-ethyl adjacent to an activating group) is 1. The molecule has 0 saturated carbocycles. The molecule has 5 nitrogen and oxygen atoms in total. The molecular formula is C16H22N4OS. The van der Waals surface area contributed by atoms with Crippen LogP contribution >= 0.6 is 11.3 Å². The van der Waals surface area contributed by atoms with Crippen molar-refractivity contribution in [1.29, 1.82) is 0 Å². The third-order valence-corrected chi connectivity index (χ3v) is 5.59. The molecule has 3 heterocycles. The molecule has 0 aliphatic carbocycles. The maximum absolute atomic E-state index is 12.5. The Hall–Kier alpha value is -1.53. The van der Waals surface area contributed by atoms with Crippen molar-refractivity contribution in [3.8, 4) is 0 Å². The number of aromatic nitrogens is 2. The quantitative estimate of drug-likeness (QED) is 0.945. The largest absolute Gasteiger partial charge is 0.349 e. The van der Waals surface area contributed by atoms with E-state index in [0.717, 1.165) is 16.8 Å². The summed E-state index contributed by atoms with van der Waals surface area (Å²) in [6.07, 6.45) is 3.87. The fourth-order valence-electron chi connectivity index (χ4n) is 3.36. The van der Waals surface area contributed by atoms with E-state index in [4.69, 9.17) is 0 Å². The van der Waals surface area contributed by atoms with Gasteiger partial charge in [0.25, 0.3) is 5.91 Å². The average Bonchev–Trinajstić information content (AvgIpc) is 2.94. The number of hydrogen-bond acceptors (Lipinski definition) is 5. The summed E-state index contributed by atoms with van der Waals surface area (Å²) in [4.78, 5) is 23.2. The SMILES string of the molecule is CN1CCCC(C)(C)C1CNC(=O)c1ncnc2ccsc12. The Labute approximate surface area is 134 Å². The molecule has 6 heteroatoms. The van der Waals surface area contributed by atoms with Crippen LogP contribution in [0.15, 0.2) is 17.8 Å². The number of carbonyl (C=O) groups is 1. The number of fused-ring (bicyclic) bond motifs is 1. The molecule has 1 aliphatic heterocycles. The zero-order valence-electron chi connectivity index (χ0n) is 13.3. The van der Waals surface area contributed by atoms with Crippen molar-refractivity contribution in [1.82, 2.24) is 20.2 Å². The van der Waals surface area contributed by atoms with Gasteiger partial charge in [-0.25, -0.2) is 9.97 Å². The lowest BCUT2D eigenvalue weighted by atomic mass is 9.76. The number of amides is 1. The standard InChI is InChI=1S/C16H22N4OS/c1-16(2)6-4-7-20(3)12(16)9-17-15(21)13-14-11(5-8-22-14)18-10-19-13/h5,8,10,12H,4,6-7,9H2,1-3H3,(H,17,21). The molecule has 1 unspecified atom stereocenters. The molecule has 118 valence electrons. The van der Waals surface area contributed by atoms with Gasteiger partial charge in [0, 0.05) is 12.6 Å². The Bertz CT molecular complexity index is 682. The van der Waals surface area contributed by atoms with Gasteiger partial charge in [0.05, 0.1) is 10.2 Å². The summed E-state index contributed by atoms with van der Waals surface area (Å²) in [6, 6.07) is 2.27. The second kappa shape index (κ2) is 5.93. The van der Waals surface area contributed by atoms with Crippen molar-refractivity contribution in [2.24, 2.45) is 5.41 Å². The molecule has 1 atom stereocenters. The van der Waals surface area contributed by atoms with Crippen LogP contribution in [0.3, 0.4) is 0 Å². The molecule has 0 radical (unpaired) electrons. The van der Waals surface area contributed by atoms with E-state index < -0.39 is 0 Å².